The summed E-state index contributed by atoms with van der Waals surface area (Å²) in [6, 6.07) is 16.9. The molecule has 28 heavy (non-hydrogen) atoms. The van der Waals surface area contributed by atoms with Crippen LogP contribution in [0.1, 0.15) is 11.1 Å². The summed E-state index contributed by atoms with van der Waals surface area (Å²) >= 11 is 5.57. The Morgan fingerprint density at radius 2 is 1.89 bits per heavy atom. The van der Waals surface area contributed by atoms with Crippen LogP contribution in [0, 0.1) is 16.0 Å². The zero-order chi connectivity index (χ0) is 19.5. The third-order valence-electron chi connectivity index (χ3n) is 4.20. The van der Waals surface area contributed by atoms with Crippen LogP contribution in [0.15, 0.2) is 54.7 Å². The zero-order valence-corrected chi connectivity index (χ0v) is 15.7. The maximum absolute atomic E-state index is 8.87. The summed E-state index contributed by atoms with van der Waals surface area (Å²) in [4.78, 5) is 1.50. The van der Waals surface area contributed by atoms with E-state index in [1.54, 1.807) is 30.1 Å². The molecule has 0 bridgehead atoms. The van der Waals surface area contributed by atoms with E-state index in [2.05, 4.69) is 26.6 Å². The van der Waals surface area contributed by atoms with E-state index in [4.69, 9.17) is 22.2 Å². The van der Waals surface area contributed by atoms with E-state index in [-0.39, 0.29) is 0 Å². The number of aromatic nitrogens is 6. The number of nitrogens with one attached hydrogen (secondary N) is 1. The third kappa shape index (κ3) is 3.41. The second-order valence-electron chi connectivity index (χ2n) is 5.98. The molecule has 138 valence electrons. The van der Waals surface area contributed by atoms with Crippen molar-refractivity contribution in [2.45, 2.75) is 6.54 Å². The zero-order valence-electron chi connectivity index (χ0n) is 14.9. The van der Waals surface area contributed by atoms with Crippen LogP contribution in [0.25, 0.3) is 17.1 Å². The minimum Gasteiger partial charge on any atom is -0.497 e. The molecule has 4 rings (SSSR count). The number of tetrazole rings is 1. The molecule has 0 fully saturated rings. The first-order chi connectivity index (χ1) is 13.7. The topological polar surface area (TPSA) is 97.3 Å². The molecule has 2 aromatic carbocycles. The number of hydrogen-bond acceptors (Lipinski definition) is 6. The maximum Gasteiger partial charge on any atom is 0.209 e. The molecule has 0 saturated carbocycles. The number of aromatic amines is 1. The van der Waals surface area contributed by atoms with Gasteiger partial charge >= 0.3 is 0 Å². The second-order valence-corrected chi connectivity index (χ2v) is 6.36. The van der Waals surface area contributed by atoms with E-state index in [1.165, 1.54) is 4.80 Å². The molecular weight excluding hydrogens is 374 g/mol. The average Bonchev–Trinajstić information content (AvgIpc) is 3.35. The van der Waals surface area contributed by atoms with Crippen LogP contribution in [0.3, 0.4) is 0 Å². The summed E-state index contributed by atoms with van der Waals surface area (Å²) in [5.41, 5.74) is 3.16. The van der Waals surface area contributed by atoms with E-state index in [0.717, 1.165) is 17.0 Å². The molecule has 1 N–H and O–H groups in total. The van der Waals surface area contributed by atoms with Crippen LogP contribution in [0.4, 0.5) is 0 Å². The Morgan fingerprint density at radius 1 is 1.14 bits per heavy atom. The summed E-state index contributed by atoms with van der Waals surface area (Å²) in [6.45, 7) is 0.453. The molecule has 0 aliphatic carbocycles. The third-order valence-corrected chi connectivity index (χ3v) is 4.61. The highest BCUT2D eigenvalue weighted by atomic mass is 32.1. The number of nitrogens with zero attached hydrogens (tertiary/aromatic N) is 6. The van der Waals surface area contributed by atoms with Crippen LogP contribution >= 0.6 is 12.2 Å². The fourth-order valence-electron chi connectivity index (χ4n) is 2.72. The Balaban J connectivity index is 1.57. The Kier molecular flexibility index (Phi) is 4.70. The van der Waals surface area contributed by atoms with Gasteiger partial charge in [-0.15, -0.1) is 10.2 Å². The minimum absolute atomic E-state index is 0.446. The molecule has 0 aliphatic rings. The van der Waals surface area contributed by atoms with Crippen molar-refractivity contribution < 1.29 is 4.74 Å². The van der Waals surface area contributed by atoms with E-state index < -0.39 is 0 Å². The monoisotopic (exact) mass is 389 g/mol. The van der Waals surface area contributed by atoms with Crippen molar-refractivity contribution in [3.63, 3.8) is 0 Å². The molecule has 4 aromatic rings. The number of hydrogen-bond donors (Lipinski definition) is 1. The van der Waals surface area contributed by atoms with Gasteiger partial charge in [-0.2, -0.15) is 10.1 Å². The van der Waals surface area contributed by atoms with Crippen molar-refractivity contribution in [1.82, 2.24) is 30.0 Å². The van der Waals surface area contributed by atoms with Gasteiger partial charge < -0.3 is 4.74 Å². The van der Waals surface area contributed by atoms with Crippen LogP contribution in [-0.4, -0.2) is 37.1 Å². The fraction of sp³-hybridized carbons (Fsp3) is 0.105. The lowest BCUT2D eigenvalue weighted by atomic mass is 10.1. The second kappa shape index (κ2) is 7.46. The van der Waals surface area contributed by atoms with Gasteiger partial charge in [0.1, 0.15) is 10.4 Å². The van der Waals surface area contributed by atoms with Gasteiger partial charge in [-0.25, -0.2) is 4.68 Å². The Hall–Kier alpha value is -3.77. The van der Waals surface area contributed by atoms with Gasteiger partial charge in [0.15, 0.2) is 0 Å². The first-order valence-electron chi connectivity index (χ1n) is 8.40. The summed E-state index contributed by atoms with van der Waals surface area (Å²) in [7, 11) is 1.63. The molecule has 9 heteroatoms. The number of methoxy groups -OCH3 is 1. The molecule has 0 spiro atoms. The molecule has 0 saturated heterocycles. The largest absolute Gasteiger partial charge is 0.497 e. The number of benzene rings is 2. The van der Waals surface area contributed by atoms with Gasteiger partial charge in [0.05, 0.1) is 36.5 Å². The van der Waals surface area contributed by atoms with Gasteiger partial charge in [0.2, 0.25) is 5.82 Å². The minimum atomic E-state index is 0.446. The number of rotatable bonds is 5. The predicted octanol–water partition coefficient (Wildman–Crippen LogP) is 3.12. The van der Waals surface area contributed by atoms with Crippen LogP contribution in [0.2, 0.25) is 0 Å². The Labute approximate surface area is 165 Å². The quantitative estimate of drug-likeness (QED) is 0.527. The summed E-state index contributed by atoms with van der Waals surface area (Å²) < 4.78 is 7.51. The SMILES string of the molecule is COc1ccc(-n2[nH]cc(-c3nnn(Cc4ccc(C#N)cc4)n3)c2=S)cc1. The lowest BCUT2D eigenvalue weighted by Gasteiger charge is -2.04. The molecule has 0 atom stereocenters. The number of ether oxygens (including phenoxy) is 1. The maximum atomic E-state index is 8.87. The lowest BCUT2D eigenvalue weighted by molar-refractivity contribution is 0.414. The molecule has 0 amide bonds. The average molecular weight is 389 g/mol. The normalized spacial score (nSPS) is 10.6. The van der Waals surface area contributed by atoms with Gasteiger partial charge in [-0.1, -0.05) is 24.4 Å². The standard InChI is InChI=1S/C19H15N7OS/c1-27-16-8-6-15(7-9-16)26-19(28)17(11-21-26)18-22-24-25(23-18)12-14-4-2-13(10-20)3-5-14/h2-9,11,21H,12H2,1H3. The number of nitriles is 1. The predicted molar refractivity (Wildman–Crippen MR) is 105 cm³/mol. The summed E-state index contributed by atoms with van der Waals surface area (Å²) in [6.07, 6.45) is 1.76. The number of H-pyrrole nitrogens is 1. The van der Waals surface area contributed by atoms with Crippen molar-refractivity contribution in [2.75, 3.05) is 7.11 Å². The Bertz CT molecular complexity index is 1200. The molecule has 0 aliphatic heterocycles. The first kappa shape index (κ1) is 17.6. The van der Waals surface area contributed by atoms with Crippen LogP contribution < -0.4 is 4.74 Å². The van der Waals surface area contributed by atoms with Gasteiger partial charge in [0.25, 0.3) is 0 Å². The Morgan fingerprint density at radius 3 is 2.57 bits per heavy atom. The van der Waals surface area contributed by atoms with E-state index in [1.807, 2.05) is 36.4 Å². The highest BCUT2D eigenvalue weighted by Gasteiger charge is 2.12. The van der Waals surface area contributed by atoms with E-state index in [9.17, 15) is 0 Å². The van der Waals surface area contributed by atoms with Crippen molar-refractivity contribution >= 4 is 12.2 Å². The van der Waals surface area contributed by atoms with Gasteiger partial charge in [-0.05, 0) is 47.2 Å². The van der Waals surface area contributed by atoms with E-state index >= 15 is 0 Å². The molecular formula is C19H15N7OS. The first-order valence-corrected chi connectivity index (χ1v) is 8.81. The fourth-order valence-corrected chi connectivity index (χ4v) is 3.03. The van der Waals surface area contributed by atoms with Crippen LogP contribution in [0.5, 0.6) is 5.75 Å². The van der Waals surface area contributed by atoms with Crippen molar-refractivity contribution in [3.8, 4) is 28.9 Å². The summed E-state index contributed by atoms with van der Waals surface area (Å²) in [5, 5.41) is 24.6. The van der Waals surface area contributed by atoms with Crippen LogP contribution in [-0.2, 0) is 6.54 Å². The molecule has 8 nitrogen and oxygen atoms in total. The lowest BCUT2D eigenvalue weighted by Crippen LogP contribution is -2.04. The van der Waals surface area contributed by atoms with E-state index in [0.29, 0.717) is 28.1 Å². The highest BCUT2D eigenvalue weighted by Crippen LogP contribution is 2.20. The van der Waals surface area contributed by atoms with Crippen molar-refractivity contribution in [3.05, 3.63) is 70.5 Å². The van der Waals surface area contributed by atoms with Crippen molar-refractivity contribution in [1.29, 1.82) is 5.26 Å². The summed E-state index contributed by atoms with van der Waals surface area (Å²) in [5.74, 6) is 1.22. The molecule has 2 heterocycles. The van der Waals surface area contributed by atoms with Gasteiger partial charge in [0, 0.05) is 6.20 Å². The molecule has 0 unspecified atom stereocenters. The van der Waals surface area contributed by atoms with Gasteiger partial charge in [-0.3, -0.25) is 5.10 Å². The molecule has 2 aromatic heterocycles. The highest BCUT2D eigenvalue weighted by molar-refractivity contribution is 7.71. The smallest absolute Gasteiger partial charge is 0.209 e. The molecule has 0 radical (unpaired) electrons. The van der Waals surface area contributed by atoms with Crippen molar-refractivity contribution in [2.24, 2.45) is 0 Å².